The van der Waals surface area contributed by atoms with Gasteiger partial charge in [-0.3, -0.25) is 0 Å². The van der Waals surface area contributed by atoms with E-state index in [1.165, 1.54) is 30.6 Å². The SMILES string of the molecule is CN1CCC(COc2cccc3c2CNC3)C1. The molecule has 1 aromatic rings. The fourth-order valence-electron chi connectivity index (χ4n) is 2.80. The van der Waals surface area contributed by atoms with E-state index in [1.54, 1.807) is 0 Å². The van der Waals surface area contributed by atoms with E-state index in [2.05, 4.69) is 35.5 Å². The maximum absolute atomic E-state index is 6.01. The van der Waals surface area contributed by atoms with E-state index in [0.29, 0.717) is 5.92 Å². The summed E-state index contributed by atoms with van der Waals surface area (Å²) in [5, 5.41) is 3.37. The smallest absolute Gasteiger partial charge is 0.124 e. The van der Waals surface area contributed by atoms with Crippen molar-refractivity contribution in [2.24, 2.45) is 5.92 Å². The summed E-state index contributed by atoms with van der Waals surface area (Å²) in [6, 6.07) is 6.39. The fraction of sp³-hybridized carbons (Fsp3) is 0.571. The van der Waals surface area contributed by atoms with Crippen LogP contribution in [0.5, 0.6) is 5.75 Å². The average molecular weight is 232 g/mol. The molecule has 2 heterocycles. The van der Waals surface area contributed by atoms with Crippen molar-refractivity contribution >= 4 is 0 Å². The number of hydrogen-bond acceptors (Lipinski definition) is 3. The number of nitrogens with zero attached hydrogens (tertiary/aromatic N) is 1. The zero-order chi connectivity index (χ0) is 11.7. The van der Waals surface area contributed by atoms with Crippen LogP contribution in [0.2, 0.25) is 0 Å². The molecule has 1 saturated heterocycles. The Labute approximate surface area is 103 Å². The Morgan fingerprint density at radius 1 is 1.41 bits per heavy atom. The van der Waals surface area contributed by atoms with Gasteiger partial charge in [-0.1, -0.05) is 12.1 Å². The molecule has 0 spiro atoms. The third-order valence-electron chi connectivity index (χ3n) is 3.81. The summed E-state index contributed by atoms with van der Waals surface area (Å²) < 4.78 is 6.01. The Bertz CT molecular complexity index is 405. The first kappa shape index (κ1) is 11.1. The Morgan fingerprint density at radius 3 is 3.18 bits per heavy atom. The molecule has 2 aliphatic rings. The van der Waals surface area contributed by atoms with E-state index in [-0.39, 0.29) is 0 Å². The minimum atomic E-state index is 0.699. The predicted octanol–water partition coefficient (Wildman–Crippen LogP) is 1.62. The van der Waals surface area contributed by atoms with Crippen molar-refractivity contribution in [2.45, 2.75) is 19.5 Å². The van der Waals surface area contributed by atoms with Crippen molar-refractivity contribution < 1.29 is 4.74 Å². The van der Waals surface area contributed by atoms with Gasteiger partial charge in [-0.05, 0) is 31.6 Å². The van der Waals surface area contributed by atoms with Crippen molar-refractivity contribution in [3.63, 3.8) is 0 Å². The zero-order valence-electron chi connectivity index (χ0n) is 10.4. The molecular formula is C14H20N2O. The molecule has 3 rings (SSSR count). The molecule has 0 aromatic heterocycles. The Hall–Kier alpha value is -1.06. The van der Waals surface area contributed by atoms with Gasteiger partial charge in [0.15, 0.2) is 0 Å². The molecule has 92 valence electrons. The van der Waals surface area contributed by atoms with E-state index < -0.39 is 0 Å². The van der Waals surface area contributed by atoms with E-state index in [1.807, 2.05) is 0 Å². The molecule has 2 aliphatic heterocycles. The van der Waals surface area contributed by atoms with Crippen LogP contribution < -0.4 is 10.1 Å². The van der Waals surface area contributed by atoms with Crippen LogP contribution in [0.1, 0.15) is 17.5 Å². The first-order valence-corrected chi connectivity index (χ1v) is 6.46. The molecule has 17 heavy (non-hydrogen) atoms. The highest BCUT2D eigenvalue weighted by Crippen LogP contribution is 2.27. The summed E-state index contributed by atoms with van der Waals surface area (Å²) in [6.07, 6.45) is 1.27. The number of hydrogen-bond donors (Lipinski definition) is 1. The van der Waals surface area contributed by atoms with Crippen LogP contribution in [-0.4, -0.2) is 31.6 Å². The van der Waals surface area contributed by atoms with Gasteiger partial charge in [0.05, 0.1) is 6.61 Å². The van der Waals surface area contributed by atoms with Crippen molar-refractivity contribution in [3.05, 3.63) is 29.3 Å². The summed E-state index contributed by atoms with van der Waals surface area (Å²) in [4.78, 5) is 2.38. The van der Waals surface area contributed by atoms with Gasteiger partial charge in [0, 0.05) is 31.1 Å². The van der Waals surface area contributed by atoms with E-state index in [0.717, 1.165) is 25.4 Å². The second-order valence-corrected chi connectivity index (χ2v) is 5.23. The van der Waals surface area contributed by atoms with Crippen LogP contribution in [0.3, 0.4) is 0 Å². The van der Waals surface area contributed by atoms with Crippen LogP contribution in [0, 0.1) is 5.92 Å². The van der Waals surface area contributed by atoms with Gasteiger partial charge in [0.25, 0.3) is 0 Å². The molecule has 3 nitrogen and oxygen atoms in total. The number of rotatable bonds is 3. The lowest BCUT2D eigenvalue weighted by molar-refractivity contribution is 0.247. The Kier molecular flexibility index (Phi) is 3.04. The molecule has 0 bridgehead atoms. The van der Waals surface area contributed by atoms with Gasteiger partial charge in [-0.2, -0.15) is 0 Å². The minimum Gasteiger partial charge on any atom is -0.493 e. The van der Waals surface area contributed by atoms with Crippen LogP contribution in [0.4, 0.5) is 0 Å². The number of fused-ring (bicyclic) bond motifs is 1. The first-order chi connectivity index (χ1) is 8.33. The van der Waals surface area contributed by atoms with E-state index in [4.69, 9.17) is 4.74 Å². The normalized spacial score (nSPS) is 23.9. The molecular weight excluding hydrogens is 212 g/mol. The molecule has 0 aliphatic carbocycles. The zero-order valence-corrected chi connectivity index (χ0v) is 10.4. The summed E-state index contributed by atoms with van der Waals surface area (Å²) >= 11 is 0. The van der Waals surface area contributed by atoms with Gasteiger partial charge in [-0.15, -0.1) is 0 Å². The van der Waals surface area contributed by atoms with Crippen LogP contribution in [0.15, 0.2) is 18.2 Å². The maximum Gasteiger partial charge on any atom is 0.124 e. The topological polar surface area (TPSA) is 24.5 Å². The van der Waals surface area contributed by atoms with Crippen molar-refractivity contribution in [2.75, 3.05) is 26.7 Å². The first-order valence-electron chi connectivity index (χ1n) is 6.46. The predicted molar refractivity (Wildman–Crippen MR) is 68.1 cm³/mol. The molecule has 0 amide bonds. The van der Waals surface area contributed by atoms with Gasteiger partial charge in [0.1, 0.15) is 5.75 Å². The lowest BCUT2D eigenvalue weighted by Crippen LogP contribution is -2.18. The highest BCUT2D eigenvalue weighted by Gasteiger charge is 2.21. The molecule has 1 fully saturated rings. The van der Waals surface area contributed by atoms with Crippen molar-refractivity contribution in [1.82, 2.24) is 10.2 Å². The molecule has 3 heteroatoms. The summed E-state index contributed by atoms with van der Waals surface area (Å²) in [6.45, 7) is 5.19. The van der Waals surface area contributed by atoms with Gasteiger partial charge >= 0.3 is 0 Å². The second kappa shape index (κ2) is 4.67. The number of benzene rings is 1. The average Bonchev–Trinajstić information content (AvgIpc) is 2.94. The Morgan fingerprint density at radius 2 is 2.35 bits per heavy atom. The summed E-state index contributed by atoms with van der Waals surface area (Å²) in [7, 11) is 2.18. The molecule has 1 N–H and O–H groups in total. The second-order valence-electron chi connectivity index (χ2n) is 5.23. The van der Waals surface area contributed by atoms with E-state index in [9.17, 15) is 0 Å². The van der Waals surface area contributed by atoms with Crippen LogP contribution in [-0.2, 0) is 13.1 Å². The lowest BCUT2D eigenvalue weighted by Gasteiger charge is -2.14. The van der Waals surface area contributed by atoms with E-state index >= 15 is 0 Å². The summed E-state index contributed by atoms with van der Waals surface area (Å²) in [5.41, 5.74) is 2.75. The molecule has 1 aromatic carbocycles. The van der Waals surface area contributed by atoms with Crippen molar-refractivity contribution in [1.29, 1.82) is 0 Å². The number of likely N-dealkylation sites (tertiary alicyclic amines) is 1. The van der Waals surface area contributed by atoms with Gasteiger partial charge < -0.3 is 15.0 Å². The van der Waals surface area contributed by atoms with Gasteiger partial charge in [0.2, 0.25) is 0 Å². The molecule has 0 saturated carbocycles. The lowest BCUT2D eigenvalue weighted by atomic mass is 10.1. The fourth-order valence-corrected chi connectivity index (χ4v) is 2.80. The third-order valence-corrected chi connectivity index (χ3v) is 3.81. The largest absolute Gasteiger partial charge is 0.493 e. The van der Waals surface area contributed by atoms with Crippen LogP contribution >= 0.6 is 0 Å². The molecule has 1 atom stereocenters. The van der Waals surface area contributed by atoms with Crippen LogP contribution in [0.25, 0.3) is 0 Å². The maximum atomic E-state index is 6.01. The number of ether oxygens (including phenoxy) is 1. The number of nitrogens with one attached hydrogen (secondary N) is 1. The van der Waals surface area contributed by atoms with Crippen molar-refractivity contribution in [3.8, 4) is 5.75 Å². The highest BCUT2D eigenvalue weighted by molar-refractivity contribution is 5.42. The molecule has 1 unspecified atom stereocenters. The summed E-state index contributed by atoms with van der Waals surface area (Å²) in [5.74, 6) is 1.78. The van der Waals surface area contributed by atoms with Gasteiger partial charge in [-0.25, -0.2) is 0 Å². The molecule has 0 radical (unpaired) electrons. The monoisotopic (exact) mass is 232 g/mol. The Balaban J connectivity index is 1.64. The third kappa shape index (κ3) is 2.31. The highest BCUT2D eigenvalue weighted by atomic mass is 16.5. The minimum absolute atomic E-state index is 0.699. The standard InChI is InChI=1S/C14H20N2O/c1-16-6-5-11(9-16)10-17-14-4-2-3-12-7-15-8-13(12)14/h2-4,11,15H,5-10H2,1H3. The quantitative estimate of drug-likeness (QED) is 0.857.